The van der Waals surface area contributed by atoms with Gasteiger partial charge in [-0.1, -0.05) is 51.8 Å². The number of phenolic OH excluding ortho intramolecular Hbond substituents is 1. The molecule has 0 saturated carbocycles. The Morgan fingerprint density at radius 3 is 2.61 bits per heavy atom. The summed E-state index contributed by atoms with van der Waals surface area (Å²) in [6.07, 6.45) is 0.763. The van der Waals surface area contributed by atoms with Crippen molar-refractivity contribution >= 4 is 38.1 Å². The van der Waals surface area contributed by atoms with E-state index in [4.69, 9.17) is 11.6 Å². The highest BCUT2D eigenvalue weighted by Crippen LogP contribution is 2.43. The SMILES string of the molecule is Oc1ccc(Br)cc1C1=C(Cl)c2ccccc2C1. The van der Waals surface area contributed by atoms with E-state index in [1.54, 1.807) is 6.07 Å². The number of benzene rings is 2. The van der Waals surface area contributed by atoms with Gasteiger partial charge in [0.25, 0.3) is 0 Å². The van der Waals surface area contributed by atoms with Gasteiger partial charge in [0.15, 0.2) is 0 Å². The molecule has 0 aromatic heterocycles. The van der Waals surface area contributed by atoms with Crippen LogP contribution in [0.15, 0.2) is 46.9 Å². The Bertz CT molecular complexity index is 661. The summed E-state index contributed by atoms with van der Waals surface area (Å²) >= 11 is 9.84. The van der Waals surface area contributed by atoms with Crippen LogP contribution in [0.5, 0.6) is 5.75 Å². The van der Waals surface area contributed by atoms with Gasteiger partial charge >= 0.3 is 0 Å². The fourth-order valence-corrected chi connectivity index (χ4v) is 3.00. The monoisotopic (exact) mass is 320 g/mol. The molecule has 90 valence electrons. The maximum Gasteiger partial charge on any atom is 0.123 e. The van der Waals surface area contributed by atoms with Crippen LogP contribution in [0.4, 0.5) is 0 Å². The molecule has 0 spiro atoms. The van der Waals surface area contributed by atoms with E-state index in [0.29, 0.717) is 0 Å². The molecule has 2 aromatic rings. The maximum atomic E-state index is 9.98. The first kappa shape index (κ1) is 11.8. The molecule has 0 atom stereocenters. The molecule has 3 heteroatoms. The van der Waals surface area contributed by atoms with E-state index < -0.39 is 0 Å². The van der Waals surface area contributed by atoms with Crippen molar-refractivity contribution in [2.45, 2.75) is 6.42 Å². The van der Waals surface area contributed by atoms with Crippen molar-refractivity contribution in [3.63, 3.8) is 0 Å². The van der Waals surface area contributed by atoms with Gasteiger partial charge in [-0.05, 0) is 34.9 Å². The first-order chi connectivity index (χ1) is 8.66. The average molecular weight is 322 g/mol. The molecule has 3 rings (SSSR count). The van der Waals surface area contributed by atoms with E-state index in [2.05, 4.69) is 22.0 Å². The summed E-state index contributed by atoms with van der Waals surface area (Å²) < 4.78 is 0.934. The van der Waals surface area contributed by atoms with Gasteiger partial charge in [0.2, 0.25) is 0 Å². The van der Waals surface area contributed by atoms with E-state index in [9.17, 15) is 5.11 Å². The number of halogens is 2. The Labute approximate surface area is 119 Å². The van der Waals surface area contributed by atoms with Crippen LogP contribution in [0.2, 0.25) is 0 Å². The summed E-state index contributed by atoms with van der Waals surface area (Å²) in [5, 5.41) is 10.7. The second kappa shape index (κ2) is 4.45. The Kier molecular flexibility index (Phi) is 2.92. The topological polar surface area (TPSA) is 20.2 Å². The normalized spacial score (nSPS) is 13.9. The van der Waals surface area contributed by atoms with Crippen molar-refractivity contribution in [3.8, 4) is 5.75 Å². The summed E-state index contributed by atoms with van der Waals surface area (Å²) in [4.78, 5) is 0. The lowest BCUT2D eigenvalue weighted by atomic mass is 10.0. The first-order valence-corrected chi connectivity index (χ1v) is 6.80. The molecule has 1 N–H and O–H groups in total. The van der Waals surface area contributed by atoms with Gasteiger partial charge in [0.1, 0.15) is 5.75 Å². The number of aromatic hydroxyl groups is 1. The molecule has 18 heavy (non-hydrogen) atoms. The predicted molar refractivity (Wildman–Crippen MR) is 78.6 cm³/mol. The third kappa shape index (κ3) is 1.86. The summed E-state index contributed by atoms with van der Waals surface area (Å²) in [6, 6.07) is 13.5. The molecule has 1 aliphatic rings. The molecule has 0 aliphatic heterocycles. The number of hydrogen-bond acceptors (Lipinski definition) is 1. The second-order valence-electron chi connectivity index (χ2n) is 4.29. The van der Waals surface area contributed by atoms with Gasteiger partial charge in [0.05, 0.1) is 5.03 Å². The van der Waals surface area contributed by atoms with Gasteiger partial charge in [-0.2, -0.15) is 0 Å². The van der Waals surface area contributed by atoms with Crippen LogP contribution in [0.3, 0.4) is 0 Å². The van der Waals surface area contributed by atoms with Gasteiger partial charge in [0, 0.05) is 16.5 Å². The van der Waals surface area contributed by atoms with E-state index in [1.165, 1.54) is 5.56 Å². The van der Waals surface area contributed by atoms with E-state index in [0.717, 1.165) is 32.6 Å². The standard InChI is InChI=1S/C15H10BrClO/c16-10-5-6-14(18)12(8-10)13-7-9-3-1-2-4-11(9)15(13)17/h1-6,8,18H,7H2. The van der Waals surface area contributed by atoms with Crippen molar-refractivity contribution in [2.24, 2.45) is 0 Å². The highest BCUT2D eigenvalue weighted by molar-refractivity contribution is 9.10. The van der Waals surface area contributed by atoms with Crippen molar-refractivity contribution in [2.75, 3.05) is 0 Å². The van der Waals surface area contributed by atoms with E-state index in [-0.39, 0.29) is 5.75 Å². The molecular weight excluding hydrogens is 312 g/mol. The highest BCUT2D eigenvalue weighted by Gasteiger charge is 2.22. The second-order valence-corrected chi connectivity index (χ2v) is 5.58. The lowest BCUT2D eigenvalue weighted by Crippen LogP contribution is -1.87. The van der Waals surface area contributed by atoms with Crippen molar-refractivity contribution in [3.05, 3.63) is 63.6 Å². The van der Waals surface area contributed by atoms with Crippen molar-refractivity contribution in [1.82, 2.24) is 0 Å². The van der Waals surface area contributed by atoms with Crippen LogP contribution < -0.4 is 0 Å². The molecule has 0 bridgehead atoms. The molecule has 0 unspecified atom stereocenters. The molecule has 1 aliphatic carbocycles. The summed E-state index contributed by atoms with van der Waals surface area (Å²) in [6.45, 7) is 0. The zero-order valence-corrected chi connectivity index (χ0v) is 11.8. The lowest BCUT2D eigenvalue weighted by molar-refractivity contribution is 0.473. The Morgan fingerprint density at radius 2 is 1.83 bits per heavy atom. The molecular formula is C15H10BrClO. The molecule has 0 fully saturated rings. The number of hydrogen-bond donors (Lipinski definition) is 1. The van der Waals surface area contributed by atoms with Gasteiger partial charge < -0.3 is 5.11 Å². The fraction of sp³-hybridized carbons (Fsp3) is 0.0667. The van der Waals surface area contributed by atoms with Crippen LogP contribution in [0.25, 0.3) is 10.6 Å². The molecule has 0 saturated heterocycles. The van der Waals surface area contributed by atoms with Crippen LogP contribution in [0, 0.1) is 0 Å². The first-order valence-electron chi connectivity index (χ1n) is 5.62. The molecule has 0 radical (unpaired) electrons. The minimum atomic E-state index is 0.263. The molecule has 0 amide bonds. The lowest BCUT2D eigenvalue weighted by Gasteiger charge is -2.07. The average Bonchev–Trinajstić information content (AvgIpc) is 2.71. The number of allylic oxidation sites excluding steroid dienone is 1. The molecule has 0 heterocycles. The predicted octanol–water partition coefficient (Wildman–Crippen LogP) is 4.82. The molecule has 2 aromatic carbocycles. The molecule has 1 nitrogen and oxygen atoms in total. The minimum Gasteiger partial charge on any atom is -0.507 e. The minimum absolute atomic E-state index is 0.263. The third-order valence-corrected chi connectivity index (χ3v) is 4.09. The largest absolute Gasteiger partial charge is 0.507 e. The Morgan fingerprint density at radius 1 is 1.06 bits per heavy atom. The summed E-state index contributed by atoms with van der Waals surface area (Å²) in [5.41, 5.74) is 4.05. The van der Waals surface area contributed by atoms with Crippen LogP contribution >= 0.6 is 27.5 Å². The smallest absolute Gasteiger partial charge is 0.123 e. The fourth-order valence-electron chi connectivity index (χ4n) is 2.28. The zero-order valence-electron chi connectivity index (χ0n) is 9.45. The van der Waals surface area contributed by atoms with Crippen molar-refractivity contribution in [1.29, 1.82) is 0 Å². The van der Waals surface area contributed by atoms with E-state index >= 15 is 0 Å². The number of fused-ring (bicyclic) bond motifs is 1. The zero-order chi connectivity index (χ0) is 12.7. The van der Waals surface area contributed by atoms with Gasteiger partial charge in [-0.25, -0.2) is 0 Å². The van der Waals surface area contributed by atoms with Crippen LogP contribution in [0.1, 0.15) is 16.7 Å². The Hall–Kier alpha value is -1.25. The number of phenols is 1. The van der Waals surface area contributed by atoms with Gasteiger partial charge in [-0.3, -0.25) is 0 Å². The Balaban J connectivity index is 2.16. The summed E-state index contributed by atoms with van der Waals surface area (Å²) in [7, 11) is 0. The van der Waals surface area contributed by atoms with E-state index in [1.807, 2.05) is 30.3 Å². The maximum absolute atomic E-state index is 9.98. The number of rotatable bonds is 1. The third-order valence-electron chi connectivity index (χ3n) is 3.17. The van der Waals surface area contributed by atoms with Gasteiger partial charge in [-0.15, -0.1) is 0 Å². The highest BCUT2D eigenvalue weighted by atomic mass is 79.9. The quantitative estimate of drug-likeness (QED) is 0.798. The van der Waals surface area contributed by atoms with Crippen molar-refractivity contribution < 1.29 is 5.11 Å². The van der Waals surface area contributed by atoms with Crippen LogP contribution in [-0.2, 0) is 6.42 Å². The van der Waals surface area contributed by atoms with Crippen LogP contribution in [-0.4, -0.2) is 5.11 Å². The summed E-state index contributed by atoms with van der Waals surface area (Å²) in [5.74, 6) is 0.263.